The number of rotatable bonds is 6. The van der Waals surface area contributed by atoms with Crippen LogP contribution in [0.5, 0.6) is 0 Å². The zero-order chi connectivity index (χ0) is 14.2. The van der Waals surface area contributed by atoms with Gasteiger partial charge in [-0.2, -0.15) is 0 Å². The van der Waals surface area contributed by atoms with E-state index in [1.165, 1.54) is 11.3 Å². The van der Waals surface area contributed by atoms with Crippen LogP contribution in [-0.4, -0.2) is 30.1 Å². The molecule has 0 radical (unpaired) electrons. The molecule has 2 aliphatic rings. The molecular formula is C14H18N2O3S. The Kier molecular flexibility index (Phi) is 3.52. The van der Waals surface area contributed by atoms with Gasteiger partial charge in [-0.15, -0.1) is 11.3 Å². The number of aliphatic hydroxyl groups excluding tert-OH is 1. The van der Waals surface area contributed by atoms with Gasteiger partial charge in [0, 0.05) is 17.9 Å². The van der Waals surface area contributed by atoms with Crippen LogP contribution in [0.15, 0.2) is 12.1 Å². The van der Waals surface area contributed by atoms with Crippen LogP contribution in [0.2, 0.25) is 0 Å². The predicted octanol–water partition coefficient (Wildman–Crippen LogP) is 1.60. The highest BCUT2D eigenvalue weighted by atomic mass is 32.1. The number of hydrogen-bond donors (Lipinski definition) is 3. The molecule has 2 saturated carbocycles. The van der Waals surface area contributed by atoms with E-state index >= 15 is 0 Å². The van der Waals surface area contributed by atoms with Crippen molar-refractivity contribution in [1.82, 2.24) is 5.32 Å². The standard InChI is InChI=1S/C14H18N2O3S/c17-8-14(5-6-14)7-15-13(19)10-3-4-11(20-10)16-12(18)9-1-2-9/h3-4,9,17H,1-2,5-8H2,(H,15,19)(H,16,18). The summed E-state index contributed by atoms with van der Waals surface area (Å²) in [5, 5.41) is 15.6. The molecule has 1 heterocycles. The van der Waals surface area contributed by atoms with E-state index in [9.17, 15) is 14.7 Å². The van der Waals surface area contributed by atoms with Gasteiger partial charge >= 0.3 is 0 Å². The molecule has 3 N–H and O–H groups in total. The number of hydrogen-bond acceptors (Lipinski definition) is 4. The largest absolute Gasteiger partial charge is 0.396 e. The Labute approximate surface area is 121 Å². The highest BCUT2D eigenvalue weighted by Crippen LogP contribution is 2.44. The highest BCUT2D eigenvalue weighted by molar-refractivity contribution is 7.18. The van der Waals surface area contributed by atoms with E-state index in [0.717, 1.165) is 30.7 Å². The van der Waals surface area contributed by atoms with Crippen molar-refractivity contribution in [3.63, 3.8) is 0 Å². The summed E-state index contributed by atoms with van der Waals surface area (Å²) in [6.07, 6.45) is 3.87. The fourth-order valence-electron chi connectivity index (χ4n) is 2.02. The van der Waals surface area contributed by atoms with Crippen molar-refractivity contribution >= 4 is 28.2 Å². The Morgan fingerprint density at radius 2 is 2.10 bits per heavy atom. The Balaban J connectivity index is 1.52. The molecule has 108 valence electrons. The molecule has 1 aromatic heterocycles. The molecule has 0 saturated heterocycles. The minimum atomic E-state index is -0.137. The molecule has 0 bridgehead atoms. The Morgan fingerprint density at radius 3 is 2.70 bits per heavy atom. The molecule has 0 atom stereocenters. The van der Waals surface area contributed by atoms with E-state index in [1.54, 1.807) is 12.1 Å². The quantitative estimate of drug-likeness (QED) is 0.745. The topological polar surface area (TPSA) is 78.4 Å². The van der Waals surface area contributed by atoms with E-state index in [1.807, 2.05) is 0 Å². The normalized spacial score (nSPS) is 19.4. The molecule has 2 aliphatic carbocycles. The van der Waals surface area contributed by atoms with Gasteiger partial charge in [-0.1, -0.05) is 0 Å². The minimum Gasteiger partial charge on any atom is -0.396 e. The molecule has 0 aliphatic heterocycles. The van der Waals surface area contributed by atoms with Crippen LogP contribution in [0.25, 0.3) is 0 Å². The lowest BCUT2D eigenvalue weighted by atomic mass is 10.1. The molecule has 5 nitrogen and oxygen atoms in total. The van der Waals surface area contributed by atoms with E-state index in [2.05, 4.69) is 10.6 Å². The number of amides is 2. The third-order valence-corrected chi connectivity index (χ3v) is 4.94. The van der Waals surface area contributed by atoms with E-state index in [4.69, 9.17) is 0 Å². The summed E-state index contributed by atoms with van der Waals surface area (Å²) < 4.78 is 0. The first-order chi connectivity index (χ1) is 9.62. The predicted molar refractivity (Wildman–Crippen MR) is 76.8 cm³/mol. The molecule has 0 unspecified atom stereocenters. The van der Waals surface area contributed by atoms with Gasteiger partial charge in [-0.25, -0.2) is 0 Å². The van der Waals surface area contributed by atoms with Crippen molar-refractivity contribution in [3.8, 4) is 0 Å². The number of aliphatic hydroxyl groups is 1. The van der Waals surface area contributed by atoms with Crippen LogP contribution < -0.4 is 10.6 Å². The van der Waals surface area contributed by atoms with Crippen LogP contribution >= 0.6 is 11.3 Å². The average molecular weight is 294 g/mol. The maximum absolute atomic E-state index is 12.0. The lowest BCUT2D eigenvalue weighted by molar-refractivity contribution is -0.117. The summed E-state index contributed by atoms with van der Waals surface area (Å²) in [5.74, 6) is 0.0753. The van der Waals surface area contributed by atoms with E-state index in [-0.39, 0.29) is 29.8 Å². The van der Waals surface area contributed by atoms with Crippen LogP contribution in [0.3, 0.4) is 0 Å². The third kappa shape index (κ3) is 3.02. The average Bonchev–Trinajstić information content (AvgIpc) is 3.36. The summed E-state index contributed by atoms with van der Waals surface area (Å²) in [4.78, 5) is 24.2. The first-order valence-electron chi connectivity index (χ1n) is 6.92. The Hall–Kier alpha value is -1.40. The van der Waals surface area contributed by atoms with Crippen LogP contribution in [0, 0.1) is 11.3 Å². The van der Waals surface area contributed by atoms with Gasteiger partial charge in [0.1, 0.15) is 0 Å². The third-order valence-electron chi connectivity index (χ3n) is 3.94. The first-order valence-corrected chi connectivity index (χ1v) is 7.73. The number of anilines is 1. The van der Waals surface area contributed by atoms with Gasteiger partial charge in [0.15, 0.2) is 0 Å². The second-order valence-corrected chi connectivity index (χ2v) is 6.85. The molecular weight excluding hydrogens is 276 g/mol. The lowest BCUT2D eigenvalue weighted by Crippen LogP contribution is -2.31. The smallest absolute Gasteiger partial charge is 0.261 e. The zero-order valence-electron chi connectivity index (χ0n) is 11.1. The Bertz CT molecular complexity index is 532. The van der Waals surface area contributed by atoms with Gasteiger partial charge in [-0.05, 0) is 37.8 Å². The summed E-state index contributed by atoms with van der Waals surface area (Å²) >= 11 is 1.29. The minimum absolute atomic E-state index is 0.0519. The summed E-state index contributed by atoms with van der Waals surface area (Å²) in [6.45, 7) is 0.643. The molecule has 20 heavy (non-hydrogen) atoms. The molecule has 1 aromatic rings. The van der Waals surface area contributed by atoms with Crippen LogP contribution in [-0.2, 0) is 4.79 Å². The molecule has 2 fully saturated rings. The zero-order valence-corrected chi connectivity index (χ0v) is 12.0. The molecule has 6 heteroatoms. The summed E-state index contributed by atoms with van der Waals surface area (Å²) in [5.41, 5.74) is -0.0874. The van der Waals surface area contributed by atoms with E-state index in [0.29, 0.717) is 11.4 Å². The van der Waals surface area contributed by atoms with Gasteiger partial charge in [0.25, 0.3) is 5.91 Å². The maximum atomic E-state index is 12.0. The lowest BCUT2D eigenvalue weighted by Gasteiger charge is -2.11. The molecule has 3 rings (SSSR count). The number of carbonyl (C=O) groups excluding carboxylic acids is 2. The second kappa shape index (κ2) is 5.18. The summed E-state index contributed by atoms with van der Waals surface area (Å²) in [6, 6.07) is 3.49. The van der Waals surface area contributed by atoms with Gasteiger partial charge < -0.3 is 15.7 Å². The molecule has 0 aromatic carbocycles. The monoisotopic (exact) mass is 294 g/mol. The van der Waals surface area contributed by atoms with Crippen LogP contribution in [0.1, 0.15) is 35.4 Å². The fraction of sp³-hybridized carbons (Fsp3) is 0.571. The van der Waals surface area contributed by atoms with E-state index < -0.39 is 0 Å². The van der Waals surface area contributed by atoms with Crippen molar-refractivity contribution in [2.45, 2.75) is 25.7 Å². The number of carbonyl (C=O) groups is 2. The molecule has 0 spiro atoms. The number of thiophene rings is 1. The van der Waals surface area contributed by atoms with Gasteiger partial charge in [-0.3, -0.25) is 9.59 Å². The second-order valence-electron chi connectivity index (χ2n) is 5.77. The maximum Gasteiger partial charge on any atom is 0.261 e. The molecule has 2 amide bonds. The fourth-order valence-corrected chi connectivity index (χ4v) is 2.84. The number of nitrogens with one attached hydrogen (secondary N) is 2. The van der Waals surface area contributed by atoms with Gasteiger partial charge in [0.05, 0.1) is 16.5 Å². The van der Waals surface area contributed by atoms with Crippen molar-refractivity contribution < 1.29 is 14.7 Å². The first kappa shape index (κ1) is 13.6. The van der Waals surface area contributed by atoms with Crippen molar-refractivity contribution in [2.75, 3.05) is 18.5 Å². The highest BCUT2D eigenvalue weighted by Gasteiger charge is 2.42. The SMILES string of the molecule is O=C(NCC1(CO)CC1)c1ccc(NC(=O)C2CC2)s1. The summed E-state index contributed by atoms with van der Waals surface area (Å²) in [7, 11) is 0. The van der Waals surface area contributed by atoms with Crippen molar-refractivity contribution in [2.24, 2.45) is 11.3 Å². The Morgan fingerprint density at radius 1 is 1.35 bits per heavy atom. The van der Waals surface area contributed by atoms with Crippen LogP contribution in [0.4, 0.5) is 5.00 Å². The van der Waals surface area contributed by atoms with Gasteiger partial charge in [0.2, 0.25) is 5.91 Å². The van der Waals surface area contributed by atoms with Crippen molar-refractivity contribution in [3.05, 3.63) is 17.0 Å². The van der Waals surface area contributed by atoms with Crippen molar-refractivity contribution in [1.29, 1.82) is 0 Å².